The molecule has 0 atom stereocenters. The summed E-state index contributed by atoms with van der Waals surface area (Å²) in [5.74, 6) is -0.934. The van der Waals surface area contributed by atoms with Crippen molar-refractivity contribution in [3.05, 3.63) is 29.6 Å². The van der Waals surface area contributed by atoms with Crippen LogP contribution in [0.1, 0.15) is 16.2 Å². The zero-order chi connectivity index (χ0) is 10.3. The van der Waals surface area contributed by atoms with Gasteiger partial charge in [0.25, 0.3) is 0 Å². The summed E-state index contributed by atoms with van der Waals surface area (Å²) in [6, 6.07) is 5.37. The highest BCUT2D eigenvalue weighted by Gasteiger charge is 2.15. The smallest absolute Gasteiger partial charge is 0.358 e. The van der Waals surface area contributed by atoms with Gasteiger partial charge in [0, 0.05) is 5.69 Å². The molecule has 0 spiro atoms. The number of aromatic carboxylic acids is 1. The first-order valence-corrected chi connectivity index (χ1v) is 4.08. The van der Waals surface area contributed by atoms with E-state index in [1.165, 1.54) is 0 Å². The molecule has 0 amide bonds. The average molecular weight is 191 g/mol. The summed E-state index contributed by atoms with van der Waals surface area (Å²) in [5.41, 5.74) is 6.98. The van der Waals surface area contributed by atoms with Crippen LogP contribution in [0.2, 0.25) is 0 Å². The summed E-state index contributed by atoms with van der Waals surface area (Å²) >= 11 is 0. The van der Waals surface area contributed by atoms with Gasteiger partial charge in [-0.05, 0) is 19.1 Å². The third-order valence-corrected chi connectivity index (χ3v) is 2.08. The minimum atomic E-state index is -1.11. The largest absolute Gasteiger partial charge is 0.476 e. The van der Waals surface area contributed by atoms with Crippen molar-refractivity contribution in [2.75, 3.05) is 5.73 Å². The van der Waals surface area contributed by atoms with Gasteiger partial charge in [0.05, 0.1) is 0 Å². The van der Waals surface area contributed by atoms with E-state index in [0.717, 1.165) is 5.69 Å². The number of hydrogen-bond donors (Lipinski definition) is 2. The summed E-state index contributed by atoms with van der Waals surface area (Å²) in [6.07, 6.45) is 0. The van der Waals surface area contributed by atoms with Crippen LogP contribution in [0.4, 0.5) is 5.82 Å². The maximum Gasteiger partial charge on any atom is 0.358 e. The van der Waals surface area contributed by atoms with Crippen LogP contribution in [-0.4, -0.2) is 20.5 Å². The second-order valence-electron chi connectivity index (χ2n) is 3.01. The van der Waals surface area contributed by atoms with Crippen LogP contribution < -0.4 is 5.73 Å². The van der Waals surface area contributed by atoms with Crippen LogP contribution >= 0.6 is 0 Å². The first kappa shape index (κ1) is 8.55. The van der Waals surface area contributed by atoms with Gasteiger partial charge in [0.15, 0.2) is 5.69 Å². The molecule has 2 aromatic rings. The Labute approximate surface area is 79.8 Å². The van der Waals surface area contributed by atoms with Crippen LogP contribution in [0.3, 0.4) is 0 Å². The maximum absolute atomic E-state index is 10.7. The summed E-state index contributed by atoms with van der Waals surface area (Å²) in [5, 5.41) is 8.80. The molecule has 0 aliphatic heterocycles. The lowest BCUT2D eigenvalue weighted by atomic mass is 10.3. The van der Waals surface area contributed by atoms with Crippen LogP contribution in [0.5, 0.6) is 0 Å². The molecule has 0 fully saturated rings. The molecule has 2 aromatic heterocycles. The Morgan fingerprint density at radius 2 is 2.29 bits per heavy atom. The second-order valence-corrected chi connectivity index (χ2v) is 3.01. The molecule has 2 rings (SSSR count). The molecular weight excluding hydrogens is 182 g/mol. The number of rotatable bonds is 1. The number of aryl methyl sites for hydroxylation is 1. The molecule has 72 valence electrons. The van der Waals surface area contributed by atoms with Gasteiger partial charge in [0.2, 0.25) is 0 Å². The number of imidazole rings is 1. The highest BCUT2D eigenvalue weighted by Crippen LogP contribution is 2.16. The molecule has 5 heteroatoms. The fourth-order valence-electron chi connectivity index (χ4n) is 1.44. The predicted octanol–water partition coefficient (Wildman–Crippen LogP) is 0.923. The molecule has 2 heterocycles. The van der Waals surface area contributed by atoms with E-state index >= 15 is 0 Å². The summed E-state index contributed by atoms with van der Waals surface area (Å²) in [4.78, 5) is 14.7. The van der Waals surface area contributed by atoms with Crippen molar-refractivity contribution in [3.8, 4) is 0 Å². The first-order valence-electron chi connectivity index (χ1n) is 4.08. The van der Waals surface area contributed by atoms with Crippen LogP contribution in [0.15, 0.2) is 18.2 Å². The molecule has 0 saturated carbocycles. The van der Waals surface area contributed by atoms with Gasteiger partial charge < -0.3 is 10.8 Å². The maximum atomic E-state index is 10.7. The van der Waals surface area contributed by atoms with Crippen LogP contribution in [-0.2, 0) is 0 Å². The van der Waals surface area contributed by atoms with E-state index in [1.54, 1.807) is 10.5 Å². The zero-order valence-corrected chi connectivity index (χ0v) is 7.56. The first-order chi connectivity index (χ1) is 6.61. The van der Waals surface area contributed by atoms with Crippen LogP contribution in [0, 0.1) is 6.92 Å². The van der Waals surface area contributed by atoms with E-state index in [2.05, 4.69) is 4.98 Å². The Morgan fingerprint density at radius 3 is 2.86 bits per heavy atom. The van der Waals surface area contributed by atoms with Crippen molar-refractivity contribution < 1.29 is 9.90 Å². The van der Waals surface area contributed by atoms with Crippen molar-refractivity contribution in [2.24, 2.45) is 0 Å². The third kappa shape index (κ3) is 1.02. The minimum Gasteiger partial charge on any atom is -0.476 e. The van der Waals surface area contributed by atoms with E-state index in [9.17, 15) is 4.79 Å². The van der Waals surface area contributed by atoms with Crippen molar-refractivity contribution in [1.82, 2.24) is 9.38 Å². The molecule has 0 saturated heterocycles. The third-order valence-electron chi connectivity index (χ3n) is 2.08. The summed E-state index contributed by atoms with van der Waals surface area (Å²) < 4.78 is 1.61. The van der Waals surface area contributed by atoms with Gasteiger partial charge in [-0.25, -0.2) is 9.78 Å². The normalized spacial score (nSPS) is 10.6. The van der Waals surface area contributed by atoms with E-state index in [0.29, 0.717) is 5.65 Å². The molecular formula is C9H9N3O2. The van der Waals surface area contributed by atoms with Gasteiger partial charge in [0.1, 0.15) is 11.5 Å². The number of fused-ring (bicyclic) bond motifs is 1. The van der Waals surface area contributed by atoms with E-state index < -0.39 is 5.97 Å². The number of nitrogens with two attached hydrogens (primary N) is 1. The Bertz CT molecular complexity index is 516. The molecule has 5 nitrogen and oxygen atoms in total. The van der Waals surface area contributed by atoms with Gasteiger partial charge >= 0.3 is 5.97 Å². The molecule has 0 aromatic carbocycles. The topological polar surface area (TPSA) is 80.6 Å². The Morgan fingerprint density at radius 1 is 1.57 bits per heavy atom. The SMILES string of the molecule is Cc1cccc2nc(C(=O)O)c(N)n12. The second kappa shape index (κ2) is 2.73. The Balaban J connectivity index is 2.87. The lowest BCUT2D eigenvalue weighted by Crippen LogP contribution is -2.03. The lowest BCUT2D eigenvalue weighted by Gasteiger charge is -1.99. The fourth-order valence-corrected chi connectivity index (χ4v) is 1.44. The highest BCUT2D eigenvalue weighted by molar-refractivity contribution is 5.92. The lowest BCUT2D eigenvalue weighted by molar-refractivity contribution is 0.0692. The number of carboxylic acid groups (broad SMARTS) is 1. The van der Waals surface area contributed by atoms with Crippen molar-refractivity contribution >= 4 is 17.4 Å². The summed E-state index contributed by atoms with van der Waals surface area (Å²) in [6.45, 7) is 1.84. The molecule has 0 bridgehead atoms. The number of hydrogen-bond acceptors (Lipinski definition) is 3. The highest BCUT2D eigenvalue weighted by atomic mass is 16.4. The number of nitrogen functional groups attached to an aromatic ring is 1. The standard InChI is InChI=1S/C9H9N3O2/c1-5-3-2-4-6-11-7(9(13)14)8(10)12(5)6/h2-4H,10H2,1H3,(H,13,14). The van der Waals surface area contributed by atoms with Gasteiger partial charge in [-0.1, -0.05) is 6.07 Å². The number of pyridine rings is 1. The minimum absolute atomic E-state index is 0.0979. The van der Waals surface area contributed by atoms with Crippen molar-refractivity contribution in [1.29, 1.82) is 0 Å². The van der Waals surface area contributed by atoms with E-state index in [-0.39, 0.29) is 11.5 Å². The number of carbonyl (C=O) groups is 1. The monoisotopic (exact) mass is 191 g/mol. The quantitative estimate of drug-likeness (QED) is 0.702. The predicted molar refractivity (Wildman–Crippen MR) is 51.3 cm³/mol. The van der Waals surface area contributed by atoms with Crippen molar-refractivity contribution in [2.45, 2.75) is 6.92 Å². The Kier molecular flexibility index (Phi) is 1.67. The molecule has 14 heavy (non-hydrogen) atoms. The number of carboxylic acids is 1. The molecule has 0 aliphatic rings. The van der Waals surface area contributed by atoms with Crippen molar-refractivity contribution in [3.63, 3.8) is 0 Å². The molecule has 0 radical (unpaired) electrons. The van der Waals surface area contributed by atoms with E-state index in [1.807, 2.05) is 19.1 Å². The number of nitrogens with zero attached hydrogens (tertiary/aromatic N) is 2. The molecule has 3 N–H and O–H groups in total. The van der Waals surface area contributed by atoms with Gasteiger partial charge in [-0.15, -0.1) is 0 Å². The van der Waals surface area contributed by atoms with Gasteiger partial charge in [-0.3, -0.25) is 4.40 Å². The molecule has 0 aliphatic carbocycles. The Hall–Kier alpha value is -2.04. The number of anilines is 1. The van der Waals surface area contributed by atoms with Gasteiger partial charge in [-0.2, -0.15) is 0 Å². The molecule has 0 unspecified atom stereocenters. The zero-order valence-electron chi connectivity index (χ0n) is 7.56. The van der Waals surface area contributed by atoms with E-state index in [4.69, 9.17) is 10.8 Å². The number of aromatic nitrogens is 2. The fraction of sp³-hybridized carbons (Fsp3) is 0.111. The van der Waals surface area contributed by atoms with Crippen LogP contribution in [0.25, 0.3) is 5.65 Å². The average Bonchev–Trinajstić information content (AvgIpc) is 2.45. The summed E-state index contributed by atoms with van der Waals surface area (Å²) in [7, 11) is 0.